The van der Waals surface area contributed by atoms with Crippen molar-refractivity contribution in [3.8, 4) is 11.4 Å². The van der Waals surface area contributed by atoms with E-state index in [1.807, 2.05) is 19.1 Å². The van der Waals surface area contributed by atoms with E-state index in [0.717, 1.165) is 28.0 Å². The van der Waals surface area contributed by atoms with E-state index in [4.69, 9.17) is 4.52 Å². The maximum Gasteiger partial charge on any atom is 0.192 e. The van der Waals surface area contributed by atoms with E-state index in [9.17, 15) is 0 Å². The lowest BCUT2D eigenvalue weighted by Gasteiger charge is -2.19. The monoisotopic (exact) mass is 418 g/mol. The van der Waals surface area contributed by atoms with E-state index in [0.29, 0.717) is 12.3 Å². The smallest absolute Gasteiger partial charge is 0.192 e. The molecule has 2 aromatic carbocycles. The van der Waals surface area contributed by atoms with Crippen LogP contribution in [-0.2, 0) is 17.7 Å². The molecule has 4 rings (SSSR count). The van der Waals surface area contributed by atoms with Crippen LogP contribution in [0.5, 0.6) is 0 Å². The summed E-state index contributed by atoms with van der Waals surface area (Å²) in [6, 6.07) is 21.0. The molecule has 30 heavy (non-hydrogen) atoms. The fourth-order valence-corrected chi connectivity index (χ4v) is 4.08. The standard InChI is InChI=1S/C24H26N4OS/c1-17-14-21(27-29-17)16-30-23-26-25-22(28(23)15-18-8-6-5-7-9-18)19-10-12-20(13-11-19)24(2,3)4/h5-14H,15-16H2,1-4H3. The van der Waals surface area contributed by atoms with Crippen molar-refractivity contribution in [3.63, 3.8) is 0 Å². The predicted molar refractivity (Wildman–Crippen MR) is 121 cm³/mol. The summed E-state index contributed by atoms with van der Waals surface area (Å²) < 4.78 is 7.37. The van der Waals surface area contributed by atoms with Crippen molar-refractivity contribution in [1.29, 1.82) is 0 Å². The molecule has 0 bridgehead atoms. The van der Waals surface area contributed by atoms with E-state index in [2.05, 4.69) is 89.2 Å². The number of aryl methyl sites for hydroxylation is 1. The molecule has 0 radical (unpaired) electrons. The van der Waals surface area contributed by atoms with Gasteiger partial charge in [-0.05, 0) is 23.5 Å². The molecule has 5 nitrogen and oxygen atoms in total. The van der Waals surface area contributed by atoms with E-state index >= 15 is 0 Å². The molecular formula is C24H26N4OS. The lowest BCUT2D eigenvalue weighted by molar-refractivity contribution is 0.393. The Bertz CT molecular complexity index is 1110. The largest absolute Gasteiger partial charge is 0.361 e. The Labute approximate surface area is 181 Å². The molecule has 0 fully saturated rings. The third kappa shape index (κ3) is 4.65. The van der Waals surface area contributed by atoms with Gasteiger partial charge in [0.05, 0.1) is 12.2 Å². The Morgan fingerprint density at radius 1 is 0.967 bits per heavy atom. The van der Waals surface area contributed by atoms with Crippen LogP contribution < -0.4 is 0 Å². The van der Waals surface area contributed by atoms with E-state index in [1.54, 1.807) is 11.8 Å². The van der Waals surface area contributed by atoms with Gasteiger partial charge in [-0.2, -0.15) is 0 Å². The maximum atomic E-state index is 5.19. The summed E-state index contributed by atoms with van der Waals surface area (Å²) in [6.45, 7) is 9.28. The van der Waals surface area contributed by atoms with Crippen molar-refractivity contribution in [1.82, 2.24) is 19.9 Å². The molecule has 0 N–H and O–H groups in total. The number of aromatic nitrogens is 4. The van der Waals surface area contributed by atoms with Crippen molar-refractivity contribution in [2.75, 3.05) is 0 Å². The van der Waals surface area contributed by atoms with Crippen LogP contribution in [0, 0.1) is 6.92 Å². The molecule has 154 valence electrons. The third-order valence-electron chi connectivity index (χ3n) is 4.94. The Hall–Kier alpha value is -2.86. The Morgan fingerprint density at radius 3 is 2.33 bits per heavy atom. The molecule has 2 heterocycles. The molecule has 0 saturated carbocycles. The van der Waals surface area contributed by atoms with Gasteiger partial charge in [0.25, 0.3) is 0 Å². The topological polar surface area (TPSA) is 56.7 Å². The minimum Gasteiger partial charge on any atom is -0.361 e. The second-order valence-electron chi connectivity index (χ2n) is 8.42. The van der Waals surface area contributed by atoms with Gasteiger partial charge in [0, 0.05) is 17.4 Å². The highest BCUT2D eigenvalue weighted by atomic mass is 32.2. The minimum absolute atomic E-state index is 0.118. The number of benzene rings is 2. The summed E-state index contributed by atoms with van der Waals surface area (Å²) in [7, 11) is 0. The van der Waals surface area contributed by atoms with Crippen LogP contribution in [0.3, 0.4) is 0 Å². The molecule has 4 aromatic rings. The molecule has 2 aromatic heterocycles. The molecule has 0 atom stereocenters. The van der Waals surface area contributed by atoms with Gasteiger partial charge in [-0.15, -0.1) is 10.2 Å². The van der Waals surface area contributed by atoms with Gasteiger partial charge in [0.1, 0.15) is 5.76 Å². The average Bonchev–Trinajstić information content (AvgIpc) is 3.32. The second-order valence-corrected chi connectivity index (χ2v) is 9.37. The lowest BCUT2D eigenvalue weighted by Crippen LogP contribution is -2.10. The van der Waals surface area contributed by atoms with Crippen LogP contribution >= 0.6 is 11.8 Å². The molecule has 6 heteroatoms. The molecule has 0 saturated heterocycles. The third-order valence-corrected chi connectivity index (χ3v) is 5.94. The van der Waals surface area contributed by atoms with Crippen LogP contribution in [0.2, 0.25) is 0 Å². The zero-order chi connectivity index (χ0) is 21.1. The molecule has 0 aliphatic carbocycles. The van der Waals surface area contributed by atoms with Crippen molar-refractivity contribution >= 4 is 11.8 Å². The van der Waals surface area contributed by atoms with Gasteiger partial charge in [-0.3, -0.25) is 4.57 Å². The van der Waals surface area contributed by atoms with Crippen LogP contribution in [0.15, 0.2) is 70.3 Å². The quantitative estimate of drug-likeness (QED) is 0.366. The highest BCUT2D eigenvalue weighted by Gasteiger charge is 2.18. The molecule has 0 aliphatic heterocycles. The average molecular weight is 419 g/mol. The summed E-state index contributed by atoms with van der Waals surface area (Å²) >= 11 is 1.62. The SMILES string of the molecule is Cc1cc(CSc2nnc(-c3ccc(C(C)(C)C)cc3)n2Cc2ccccc2)no1. The van der Waals surface area contributed by atoms with Gasteiger partial charge in [-0.1, -0.05) is 92.3 Å². The van der Waals surface area contributed by atoms with Gasteiger partial charge in [-0.25, -0.2) is 0 Å². The van der Waals surface area contributed by atoms with Crippen LogP contribution in [-0.4, -0.2) is 19.9 Å². The molecule has 0 amide bonds. The fourth-order valence-electron chi connectivity index (χ4n) is 3.26. The Balaban J connectivity index is 1.66. The normalized spacial score (nSPS) is 11.7. The molecular weight excluding hydrogens is 392 g/mol. The molecule has 0 spiro atoms. The lowest BCUT2D eigenvalue weighted by atomic mass is 9.87. The van der Waals surface area contributed by atoms with Crippen molar-refractivity contribution in [2.24, 2.45) is 0 Å². The number of nitrogens with zero attached hydrogens (tertiary/aromatic N) is 4. The first kappa shape index (κ1) is 20.4. The van der Waals surface area contributed by atoms with Gasteiger partial charge in [0.2, 0.25) is 0 Å². The minimum atomic E-state index is 0.118. The Morgan fingerprint density at radius 2 is 1.70 bits per heavy atom. The number of rotatable bonds is 6. The summed E-state index contributed by atoms with van der Waals surface area (Å²) in [5.74, 6) is 2.38. The van der Waals surface area contributed by atoms with E-state index in [1.165, 1.54) is 11.1 Å². The Kier molecular flexibility index (Phi) is 5.77. The van der Waals surface area contributed by atoms with Crippen LogP contribution in [0.4, 0.5) is 0 Å². The summed E-state index contributed by atoms with van der Waals surface area (Å²) in [4.78, 5) is 0. The number of hydrogen-bond acceptors (Lipinski definition) is 5. The zero-order valence-electron chi connectivity index (χ0n) is 17.8. The highest BCUT2D eigenvalue weighted by molar-refractivity contribution is 7.98. The van der Waals surface area contributed by atoms with Crippen molar-refractivity contribution in [2.45, 2.75) is 50.6 Å². The van der Waals surface area contributed by atoms with Crippen molar-refractivity contribution < 1.29 is 4.52 Å². The molecule has 0 aliphatic rings. The fraction of sp³-hybridized carbons (Fsp3) is 0.292. The first-order valence-electron chi connectivity index (χ1n) is 10.0. The van der Waals surface area contributed by atoms with Gasteiger partial charge < -0.3 is 4.52 Å². The summed E-state index contributed by atoms with van der Waals surface area (Å²) in [6.07, 6.45) is 0. The number of hydrogen-bond donors (Lipinski definition) is 0. The van der Waals surface area contributed by atoms with Gasteiger partial charge in [0.15, 0.2) is 11.0 Å². The maximum absolute atomic E-state index is 5.19. The first-order valence-corrected chi connectivity index (χ1v) is 11.0. The summed E-state index contributed by atoms with van der Waals surface area (Å²) in [5, 5.41) is 14.0. The van der Waals surface area contributed by atoms with Crippen LogP contribution in [0.1, 0.15) is 43.4 Å². The van der Waals surface area contributed by atoms with Crippen molar-refractivity contribution in [3.05, 3.63) is 83.2 Å². The predicted octanol–water partition coefficient (Wildman–Crippen LogP) is 5.88. The van der Waals surface area contributed by atoms with E-state index < -0.39 is 0 Å². The van der Waals surface area contributed by atoms with E-state index in [-0.39, 0.29) is 5.41 Å². The number of thioether (sulfide) groups is 1. The summed E-state index contributed by atoms with van der Waals surface area (Å²) in [5.41, 5.74) is 4.60. The van der Waals surface area contributed by atoms with Crippen LogP contribution in [0.25, 0.3) is 11.4 Å². The molecule has 0 unspecified atom stereocenters. The second kappa shape index (κ2) is 8.48. The first-order chi connectivity index (χ1) is 14.4. The highest BCUT2D eigenvalue weighted by Crippen LogP contribution is 2.29. The zero-order valence-corrected chi connectivity index (χ0v) is 18.6. The van der Waals surface area contributed by atoms with Gasteiger partial charge >= 0.3 is 0 Å².